The molecule has 0 saturated carbocycles. The number of nitrogens with zero attached hydrogens (tertiary/aromatic N) is 3. The highest BCUT2D eigenvalue weighted by molar-refractivity contribution is 5.12. The molecule has 1 atom stereocenters. The van der Waals surface area contributed by atoms with E-state index in [1.54, 1.807) is 0 Å². The quantitative estimate of drug-likeness (QED) is 0.813. The topological polar surface area (TPSA) is 50.3 Å². The first kappa shape index (κ1) is 16.3. The maximum Gasteiger partial charge on any atom is 0.158 e. The minimum Gasteiger partial charge on any atom is -0.368 e. The fraction of sp³-hybridized carbons (Fsp3) is 0.750. The third-order valence-corrected chi connectivity index (χ3v) is 3.77. The summed E-state index contributed by atoms with van der Waals surface area (Å²) < 4.78 is 5.89. The van der Waals surface area contributed by atoms with Gasteiger partial charge in [0.25, 0.3) is 0 Å². The van der Waals surface area contributed by atoms with Crippen LogP contribution in [0.25, 0.3) is 0 Å². The van der Waals surface area contributed by atoms with E-state index in [9.17, 15) is 0 Å². The van der Waals surface area contributed by atoms with Crippen LogP contribution in [0.4, 0.5) is 0 Å². The van der Waals surface area contributed by atoms with Crippen LogP contribution in [0.15, 0.2) is 6.07 Å². The van der Waals surface area contributed by atoms with Gasteiger partial charge in [-0.2, -0.15) is 0 Å². The van der Waals surface area contributed by atoms with Crippen molar-refractivity contribution in [1.82, 2.24) is 20.2 Å². The predicted molar refractivity (Wildman–Crippen MR) is 84.2 cm³/mol. The molecule has 0 radical (unpaired) electrons. The zero-order valence-electron chi connectivity index (χ0n) is 13.7. The molecule has 1 aromatic heterocycles. The largest absolute Gasteiger partial charge is 0.368 e. The molecule has 1 aliphatic heterocycles. The van der Waals surface area contributed by atoms with Gasteiger partial charge in [0, 0.05) is 31.4 Å². The molecule has 1 unspecified atom stereocenters. The Kier molecular flexibility index (Phi) is 6.08. The molecule has 5 nitrogen and oxygen atoms in total. The summed E-state index contributed by atoms with van der Waals surface area (Å²) in [5.41, 5.74) is 2.06. The molecule has 1 fully saturated rings. The Morgan fingerprint density at radius 3 is 2.95 bits per heavy atom. The molecule has 1 aliphatic rings. The Labute approximate surface area is 128 Å². The minimum atomic E-state index is -0.00836. The van der Waals surface area contributed by atoms with Gasteiger partial charge in [0.05, 0.1) is 12.3 Å². The summed E-state index contributed by atoms with van der Waals surface area (Å²) in [5.74, 6) is 0.827. The summed E-state index contributed by atoms with van der Waals surface area (Å²) in [7, 11) is 0. The zero-order chi connectivity index (χ0) is 15.2. The average molecular weight is 292 g/mol. The molecular weight excluding hydrogens is 264 g/mol. The van der Waals surface area contributed by atoms with Crippen LogP contribution in [0, 0.1) is 6.92 Å². The van der Waals surface area contributed by atoms with Crippen LogP contribution in [-0.4, -0.2) is 47.2 Å². The molecule has 1 saturated heterocycles. The standard InChI is InChI=1S/C16H28N4O/c1-5-6-17-10-14-9-13(4)18-16(19-14)15-11-20(12(2)3)7-8-21-15/h9,12,15,17H,5-8,10-11H2,1-4H3. The number of morpholine rings is 1. The summed E-state index contributed by atoms with van der Waals surface area (Å²) in [5, 5.41) is 3.39. The highest BCUT2D eigenvalue weighted by Gasteiger charge is 2.25. The molecule has 2 heterocycles. The second-order valence-corrected chi connectivity index (χ2v) is 5.98. The predicted octanol–water partition coefficient (Wildman–Crippen LogP) is 2.07. The Bertz CT molecular complexity index is 450. The molecule has 5 heteroatoms. The molecule has 0 bridgehead atoms. The number of aromatic nitrogens is 2. The smallest absolute Gasteiger partial charge is 0.158 e. The third-order valence-electron chi connectivity index (χ3n) is 3.77. The normalized spacial score (nSPS) is 20.1. The van der Waals surface area contributed by atoms with Crippen molar-refractivity contribution >= 4 is 0 Å². The van der Waals surface area contributed by atoms with Gasteiger partial charge in [0.2, 0.25) is 0 Å². The number of aryl methyl sites for hydroxylation is 1. The summed E-state index contributed by atoms with van der Waals surface area (Å²) >= 11 is 0. The van der Waals surface area contributed by atoms with E-state index < -0.39 is 0 Å². The number of nitrogens with one attached hydrogen (secondary N) is 1. The second kappa shape index (κ2) is 7.82. The molecule has 1 N–H and O–H groups in total. The van der Waals surface area contributed by atoms with Crippen molar-refractivity contribution in [3.8, 4) is 0 Å². The Balaban J connectivity index is 2.07. The van der Waals surface area contributed by atoms with E-state index in [1.807, 2.05) is 6.92 Å². The van der Waals surface area contributed by atoms with Gasteiger partial charge >= 0.3 is 0 Å². The van der Waals surface area contributed by atoms with Crippen LogP contribution in [0.5, 0.6) is 0 Å². The van der Waals surface area contributed by atoms with Gasteiger partial charge in [-0.25, -0.2) is 9.97 Å². The molecule has 0 amide bonds. The first-order valence-corrected chi connectivity index (χ1v) is 8.01. The summed E-state index contributed by atoms with van der Waals surface area (Å²) in [4.78, 5) is 11.7. The van der Waals surface area contributed by atoms with Crippen molar-refractivity contribution in [2.75, 3.05) is 26.2 Å². The van der Waals surface area contributed by atoms with E-state index in [-0.39, 0.29) is 6.10 Å². The van der Waals surface area contributed by atoms with E-state index in [1.165, 1.54) is 0 Å². The highest BCUT2D eigenvalue weighted by Crippen LogP contribution is 2.21. The Morgan fingerprint density at radius 2 is 2.24 bits per heavy atom. The first-order valence-electron chi connectivity index (χ1n) is 8.01. The van der Waals surface area contributed by atoms with Crippen LogP contribution in [-0.2, 0) is 11.3 Å². The Hall–Kier alpha value is -1.04. The molecular formula is C16H28N4O. The van der Waals surface area contributed by atoms with E-state index in [2.05, 4.69) is 42.0 Å². The van der Waals surface area contributed by atoms with Gasteiger partial charge in [0.15, 0.2) is 5.82 Å². The van der Waals surface area contributed by atoms with Gasteiger partial charge in [-0.3, -0.25) is 4.90 Å². The van der Waals surface area contributed by atoms with Crippen molar-refractivity contribution in [3.05, 3.63) is 23.3 Å². The molecule has 0 spiro atoms. The maximum atomic E-state index is 5.89. The lowest BCUT2D eigenvalue weighted by Crippen LogP contribution is -2.42. The lowest BCUT2D eigenvalue weighted by Gasteiger charge is -2.34. The van der Waals surface area contributed by atoms with Crippen molar-refractivity contribution in [3.63, 3.8) is 0 Å². The highest BCUT2D eigenvalue weighted by atomic mass is 16.5. The first-order chi connectivity index (χ1) is 10.1. The monoisotopic (exact) mass is 292 g/mol. The lowest BCUT2D eigenvalue weighted by atomic mass is 10.2. The average Bonchev–Trinajstić information content (AvgIpc) is 2.47. The van der Waals surface area contributed by atoms with Crippen molar-refractivity contribution in [1.29, 1.82) is 0 Å². The van der Waals surface area contributed by atoms with Crippen LogP contribution in [0.3, 0.4) is 0 Å². The number of rotatable bonds is 6. The minimum absolute atomic E-state index is 0.00836. The van der Waals surface area contributed by atoms with Crippen LogP contribution < -0.4 is 5.32 Å². The van der Waals surface area contributed by atoms with Crippen LogP contribution in [0.2, 0.25) is 0 Å². The van der Waals surface area contributed by atoms with Gasteiger partial charge in [0.1, 0.15) is 6.10 Å². The number of hydrogen-bond donors (Lipinski definition) is 1. The van der Waals surface area contributed by atoms with Crippen LogP contribution in [0.1, 0.15) is 50.5 Å². The Morgan fingerprint density at radius 1 is 1.43 bits per heavy atom. The van der Waals surface area contributed by atoms with Gasteiger partial charge in [-0.1, -0.05) is 6.92 Å². The molecule has 118 valence electrons. The molecule has 0 aromatic carbocycles. The molecule has 21 heavy (non-hydrogen) atoms. The lowest BCUT2D eigenvalue weighted by molar-refractivity contribution is -0.0444. The molecule has 0 aliphatic carbocycles. The van der Waals surface area contributed by atoms with Crippen molar-refractivity contribution in [2.24, 2.45) is 0 Å². The van der Waals surface area contributed by atoms with E-state index in [0.717, 1.165) is 56.4 Å². The molecule has 2 rings (SSSR count). The summed E-state index contributed by atoms with van der Waals surface area (Å²) in [6.07, 6.45) is 1.12. The van der Waals surface area contributed by atoms with Gasteiger partial charge < -0.3 is 10.1 Å². The van der Waals surface area contributed by atoms with E-state index in [0.29, 0.717) is 6.04 Å². The maximum absolute atomic E-state index is 5.89. The van der Waals surface area contributed by atoms with Gasteiger partial charge in [-0.15, -0.1) is 0 Å². The SMILES string of the molecule is CCCNCc1cc(C)nc(C2CN(C(C)C)CCO2)n1. The zero-order valence-corrected chi connectivity index (χ0v) is 13.7. The van der Waals surface area contributed by atoms with Gasteiger partial charge in [-0.05, 0) is 39.8 Å². The fourth-order valence-corrected chi connectivity index (χ4v) is 2.58. The van der Waals surface area contributed by atoms with E-state index in [4.69, 9.17) is 9.72 Å². The summed E-state index contributed by atoms with van der Waals surface area (Å²) in [6.45, 7) is 13.1. The van der Waals surface area contributed by atoms with Crippen LogP contribution >= 0.6 is 0 Å². The fourth-order valence-electron chi connectivity index (χ4n) is 2.58. The van der Waals surface area contributed by atoms with Crippen molar-refractivity contribution < 1.29 is 4.74 Å². The second-order valence-electron chi connectivity index (χ2n) is 5.98. The van der Waals surface area contributed by atoms with E-state index >= 15 is 0 Å². The number of ether oxygens (including phenoxy) is 1. The van der Waals surface area contributed by atoms with Crippen molar-refractivity contribution in [2.45, 2.75) is 52.8 Å². The number of hydrogen-bond acceptors (Lipinski definition) is 5. The third kappa shape index (κ3) is 4.73. The summed E-state index contributed by atoms with van der Waals surface area (Å²) in [6, 6.07) is 2.58. The molecule has 1 aromatic rings.